The van der Waals surface area contributed by atoms with Gasteiger partial charge in [0.2, 0.25) is 5.91 Å². The van der Waals surface area contributed by atoms with Gasteiger partial charge in [-0.3, -0.25) is 9.69 Å². The molecule has 1 aliphatic rings. The molecule has 0 spiro atoms. The molecule has 1 fully saturated rings. The molecule has 0 unspecified atom stereocenters. The van der Waals surface area contributed by atoms with Gasteiger partial charge in [0.05, 0.1) is 6.54 Å². The maximum Gasteiger partial charge on any atom is 0.236 e. The summed E-state index contributed by atoms with van der Waals surface area (Å²) in [7, 11) is 0. The quantitative estimate of drug-likeness (QED) is 0.299. The standard InChI is InChI=1S/C32H39FN2O/c33-30-20-18-29(19-21-30)22-25-34-23-9-24-35(32(36)26-34)31(16-7-14-27-10-3-1-4-11-27)17-8-15-28-12-5-2-6-13-28/h1-6,10-13,18-21,31H,7-9,14-17,22-26H2. The van der Waals surface area contributed by atoms with Crippen molar-refractivity contribution in [2.45, 2.75) is 57.4 Å². The minimum atomic E-state index is -0.204. The molecule has 3 nitrogen and oxygen atoms in total. The summed E-state index contributed by atoms with van der Waals surface area (Å²) in [5.41, 5.74) is 3.86. The van der Waals surface area contributed by atoms with Crippen molar-refractivity contribution in [2.75, 3.05) is 26.2 Å². The first-order valence-electron chi connectivity index (χ1n) is 13.5. The number of amides is 1. The molecule has 4 heteroatoms. The van der Waals surface area contributed by atoms with Crippen molar-refractivity contribution in [3.05, 3.63) is 107 Å². The first kappa shape index (κ1) is 26.1. The lowest BCUT2D eigenvalue weighted by atomic mass is 9.97. The molecule has 0 aliphatic carbocycles. The zero-order valence-electron chi connectivity index (χ0n) is 21.3. The molecular formula is C32H39FN2O. The largest absolute Gasteiger partial charge is 0.339 e. The SMILES string of the molecule is O=C1CN(CCc2ccc(F)cc2)CCCN1C(CCCc1ccccc1)CCCc1ccccc1. The number of rotatable bonds is 12. The summed E-state index contributed by atoms with van der Waals surface area (Å²) in [6, 6.07) is 28.3. The highest BCUT2D eigenvalue weighted by Crippen LogP contribution is 2.20. The highest BCUT2D eigenvalue weighted by molar-refractivity contribution is 5.78. The minimum absolute atomic E-state index is 0.204. The van der Waals surface area contributed by atoms with Crippen LogP contribution in [-0.2, 0) is 24.1 Å². The van der Waals surface area contributed by atoms with Crippen LogP contribution in [0, 0.1) is 5.82 Å². The third kappa shape index (κ3) is 8.30. The maximum atomic E-state index is 13.4. The fourth-order valence-electron chi connectivity index (χ4n) is 5.29. The Labute approximate surface area is 215 Å². The lowest BCUT2D eigenvalue weighted by molar-refractivity contribution is -0.133. The van der Waals surface area contributed by atoms with Gasteiger partial charge >= 0.3 is 0 Å². The monoisotopic (exact) mass is 486 g/mol. The zero-order chi connectivity index (χ0) is 25.0. The average molecular weight is 487 g/mol. The van der Waals surface area contributed by atoms with Crippen LogP contribution in [0.1, 0.15) is 48.8 Å². The van der Waals surface area contributed by atoms with Crippen LogP contribution in [0.25, 0.3) is 0 Å². The molecule has 0 N–H and O–H groups in total. The molecule has 0 bridgehead atoms. The van der Waals surface area contributed by atoms with Crippen molar-refractivity contribution >= 4 is 5.91 Å². The molecule has 0 aromatic heterocycles. The molecule has 0 radical (unpaired) electrons. The Hall–Kier alpha value is -2.98. The van der Waals surface area contributed by atoms with E-state index in [0.29, 0.717) is 12.6 Å². The molecule has 1 aliphatic heterocycles. The van der Waals surface area contributed by atoms with Crippen LogP contribution in [-0.4, -0.2) is 47.9 Å². The van der Waals surface area contributed by atoms with Crippen LogP contribution < -0.4 is 0 Å². The second kappa shape index (κ2) is 13.9. The molecule has 3 aromatic carbocycles. The van der Waals surface area contributed by atoms with Crippen LogP contribution in [0.4, 0.5) is 4.39 Å². The van der Waals surface area contributed by atoms with Crippen molar-refractivity contribution in [1.82, 2.24) is 9.80 Å². The fourth-order valence-corrected chi connectivity index (χ4v) is 5.29. The van der Waals surface area contributed by atoms with Crippen LogP contribution in [0.15, 0.2) is 84.9 Å². The van der Waals surface area contributed by atoms with Gasteiger partial charge < -0.3 is 4.90 Å². The van der Waals surface area contributed by atoms with Gasteiger partial charge in [0.1, 0.15) is 5.82 Å². The van der Waals surface area contributed by atoms with Crippen LogP contribution >= 0.6 is 0 Å². The molecule has 1 saturated heterocycles. The lowest BCUT2D eigenvalue weighted by Gasteiger charge is -2.31. The second-order valence-corrected chi connectivity index (χ2v) is 10.0. The topological polar surface area (TPSA) is 23.6 Å². The Balaban J connectivity index is 1.33. The van der Waals surface area contributed by atoms with E-state index >= 15 is 0 Å². The predicted octanol–water partition coefficient (Wildman–Crippen LogP) is 6.32. The van der Waals surface area contributed by atoms with Crippen LogP contribution in [0.3, 0.4) is 0 Å². The number of aryl methyl sites for hydroxylation is 2. The summed E-state index contributed by atoms with van der Waals surface area (Å²) in [6.07, 6.45) is 8.24. The van der Waals surface area contributed by atoms with Gasteiger partial charge in [0.25, 0.3) is 0 Å². The zero-order valence-corrected chi connectivity index (χ0v) is 21.3. The van der Waals surface area contributed by atoms with Crippen LogP contribution in [0.2, 0.25) is 0 Å². The van der Waals surface area contributed by atoms with Gasteiger partial charge in [0, 0.05) is 25.7 Å². The molecule has 190 valence electrons. The van der Waals surface area contributed by atoms with Gasteiger partial charge in [-0.25, -0.2) is 4.39 Å². The first-order chi connectivity index (χ1) is 17.7. The molecule has 4 rings (SSSR count). The Kier molecular flexibility index (Phi) is 10.1. The number of carbonyl (C=O) groups excluding carboxylic acids is 1. The van der Waals surface area contributed by atoms with Crippen molar-refractivity contribution < 1.29 is 9.18 Å². The first-order valence-corrected chi connectivity index (χ1v) is 13.5. The van der Waals surface area contributed by atoms with E-state index in [1.807, 2.05) is 12.1 Å². The fraction of sp³-hybridized carbons (Fsp3) is 0.406. The summed E-state index contributed by atoms with van der Waals surface area (Å²) in [5, 5.41) is 0. The molecule has 36 heavy (non-hydrogen) atoms. The summed E-state index contributed by atoms with van der Waals surface area (Å²) >= 11 is 0. The Morgan fingerprint density at radius 1 is 0.694 bits per heavy atom. The molecule has 1 heterocycles. The number of benzene rings is 3. The van der Waals surface area contributed by atoms with Crippen LogP contribution in [0.5, 0.6) is 0 Å². The van der Waals surface area contributed by atoms with Gasteiger partial charge in [-0.15, -0.1) is 0 Å². The third-order valence-electron chi connectivity index (χ3n) is 7.31. The van der Waals surface area contributed by atoms with Gasteiger partial charge in [-0.05, 0) is 80.2 Å². The predicted molar refractivity (Wildman–Crippen MR) is 145 cm³/mol. The molecule has 0 atom stereocenters. The average Bonchev–Trinajstić information content (AvgIpc) is 3.09. The summed E-state index contributed by atoms with van der Waals surface area (Å²) in [4.78, 5) is 17.9. The van der Waals surface area contributed by atoms with Crippen molar-refractivity contribution in [1.29, 1.82) is 0 Å². The normalized spacial score (nSPS) is 14.8. The second-order valence-electron chi connectivity index (χ2n) is 10.0. The Morgan fingerprint density at radius 3 is 1.83 bits per heavy atom. The van der Waals surface area contributed by atoms with E-state index in [4.69, 9.17) is 0 Å². The Morgan fingerprint density at radius 2 is 1.25 bits per heavy atom. The van der Waals surface area contributed by atoms with E-state index in [9.17, 15) is 9.18 Å². The van der Waals surface area contributed by atoms with E-state index in [1.54, 1.807) is 0 Å². The molecule has 3 aromatic rings. The molecule has 1 amide bonds. The minimum Gasteiger partial charge on any atom is -0.339 e. The highest BCUT2D eigenvalue weighted by Gasteiger charge is 2.27. The lowest BCUT2D eigenvalue weighted by Crippen LogP contribution is -2.43. The van der Waals surface area contributed by atoms with Gasteiger partial charge in [0.15, 0.2) is 0 Å². The van der Waals surface area contributed by atoms with Crippen molar-refractivity contribution in [3.8, 4) is 0 Å². The smallest absolute Gasteiger partial charge is 0.236 e. The highest BCUT2D eigenvalue weighted by atomic mass is 19.1. The summed E-state index contributed by atoms with van der Waals surface area (Å²) < 4.78 is 13.2. The van der Waals surface area contributed by atoms with E-state index in [2.05, 4.69) is 70.5 Å². The van der Waals surface area contributed by atoms with Gasteiger partial charge in [-0.1, -0.05) is 72.8 Å². The van der Waals surface area contributed by atoms with E-state index < -0.39 is 0 Å². The molecule has 0 saturated carbocycles. The van der Waals surface area contributed by atoms with E-state index in [0.717, 1.165) is 76.6 Å². The number of halogens is 1. The van der Waals surface area contributed by atoms with E-state index in [-0.39, 0.29) is 11.7 Å². The van der Waals surface area contributed by atoms with Crippen molar-refractivity contribution in [3.63, 3.8) is 0 Å². The van der Waals surface area contributed by atoms with Crippen molar-refractivity contribution in [2.24, 2.45) is 0 Å². The summed E-state index contributed by atoms with van der Waals surface area (Å²) in [5.74, 6) is 0.0564. The third-order valence-corrected chi connectivity index (χ3v) is 7.31. The number of carbonyl (C=O) groups is 1. The molecular weight excluding hydrogens is 447 g/mol. The maximum absolute atomic E-state index is 13.4. The number of nitrogens with zero attached hydrogens (tertiary/aromatic N) is 2. The summed E-state index contributed by atoms with van der Waals surface area (Å²) in [6.45, 7) is 3.09. The Bertz CT molecular complexity index is 993. The number of hydrogen-bond donors (Lipinski definition) is 0. The van der Waals surface area contributed by atoms with Gasteiger partial charge in [-0.2, -0.15) is 0 Å². The number of hydrogen-bond acceptors (Lipinski definition) is 2. The van der Waals surface area contributed by atoms with E-state index in [1.165, 1.54) is 23.3 Å².